The minimum absolute atomic E-state index is 0.141. The fourth-order valence-corrected chi connectivity index (χ4v) is 2.71. The molecule has 0 aliphatic heterocycles. The van der Waals surface area contributed by atoms with Gasteiger partial charge in [-0.3, -0.25) is 11.3 Å². The number of nitrogens with one attached hydrogen (secondary N) is 1. The molecule has 18 heavy (non-hydrogen) atoms. The van der Waals surface area contributed by atoms with E-state index in [4.69, 9.17) is 10.6 Å². The first kappa shape index (κ1) is 13.1. The Kier molecular flexibility index (Phi) is 4.36. The number of hydrogen-bond acceptors (Lipinski definition) is 4. The van der Waals surface area contributed by atoms with E-state index >= 15 is 0 Å². The molecular formula is C14H18N2OS. The van der Waals surface area contributed by atoms with Crippen molar-refractivity contribution >= 4 is 11.3 Å². The second kappa shape index (κ2) is 6.00. The average Bonchev–Trinajstić information content (AvgIpc) is 2.82. The van der Waals surface area contributed by atoms with Crippen LogP contribution in [-0.2, 0) is 6.42 Å². The molecule has 0 saturated heterocycles. The van der Waals surface area contributed by atoms with Crippen molar-refractivity contribution in [1.29, 1.82) is 0 Å². The summed E-state index contributed by atoms with van der Waals surface area (Å²) >= 11 is 1.75. The third kappa shape index (κ3) is 3.10. The van der Waals surface area contributed by atoms with Gasteiger partial charge >= 0.3 is 0 Å². The average molecular weight is 262 g/mol. The van der Waals surface area contributed by atoms with E-state index in [9.17, 15) is 0 Å². The molecule has 1 aromatic heterocycles. The molecule has 1 unspecified atom stereocenters. The maximum absolute atomic E-state index is 5.66. The van der Waals surface area contributed by atoms with Crippen LogP contribution in [0.15, 0.2) is 35.7 Å². The SMILES string of the molecule is COc1cccc(CC(NN)c2csc(C)c2)c1. The van der Waals surface area contributed by atoms with Crippen LogP contribution in [0.4, 0.5) is 0 Å². The second-order valence-electron chi connectivity index (χ2n) is 4.27. The molecule has 1 heterocycles. The van der Waals surface area contributed by atoms with Crippen LogP contribution in [0.3, 0.4) is 0 Å². The van der Waals surface area contributed by atoms with E-state index in [0.29, 0.717) is 0 Å². The molecule has 0 amide bonds. The number of thiophene rings is 1. The van der Waals surface area contributed by atoms with Gasteiger partial charge in [0, 0.05) is 4.88 Å². The summed E-state index contributed by atoms with van der Waals surface area (Å²) in [5.74, 6) is 6.54. The van der Waals surface area contributed by atoms with Gasteiger partial charge in [-0.15, -0.1) is 11.3 Å². The van der Waals surface area contributed by atoms with Crippen LogP contribution < -0.4 is 16.0 Å². The largest absolute Gasteiger partial charge is 0.497 e. The number of aryl methyl sites for hydroxylation is 1. The van der Waals surface area contributed by atoms with Crippen LogP contribution in [-0.4, -0.2) is 7.11 Å². The highest BCUT2D eigenvalue weighted by molar-refractivity contribution is 7.10. The van der Waals surface area contributed by atoms with Crippen molar-refractivity contribution in [2.45, 2.75) is 19.4 Å². The van der Waals surface area contributed by atoms with Crippen LogP contribution in [0.5, 0.6) is 5.75 Å². The van der Waals surface area contributed by atoms with Gasteiger partial charge in [-0.25, -0.2) is 0 Å². The summed E-state index contributed by atoms with van der Waals surface area (Å²) < 4.78 is 5.23. The summed E-state index contributed by atoms with van der Waals surface area (Å²) in [4.78, 5) is 1.30. The fraction of sp³-hybridized carbons (Fsp3) is 0.286. The number of nitrogens with two attached hydrogens (primary N) is 1. The van der Waals surface area contributed by atoms with Crippen molar-refractivity contribution in [3.63, 3.8) is 0 Å². The molecule has 0 bridgehead atoms. The first-order valence-corrected chi connectivity index (χ1v) is 6.75. The lowest BCUT2D eigenvalue weighted by molar-refractivity contribution is 0.414. The third-order valence-electron chi connectivity index (χ3n) is 2.93. The van der Waals surface area contributed by atoms with Crippen LogP contribution in [0.2, 0.25) is 0 Å². The molecule has 3 nitrogen and oxygen atoms in total. The topological polar surface area (TPSA) is 47.3 Å². The minimum atomic E-state index is 0.141. The molecular weight excluding hydrogens is 244 g/mol. The van der Waals surface area contributed by atoms with Gasteiger partial charge in [0.2, 0.25) is 0 Å². The number of hydrogen-bond donors (Lipinski definition) is 2. The molecule has 0 radical (unpaired) electrons. The van der Waals surface area contributed by atoms with E-state index < -0.39 is 0 Å². The zero-order valence-electron chi connectivity index (χ0n) is 10.6. The number of methoxy groups -OCH3 is 1. The Hall–Kier alpha value is -1.36. The minimum Gasteiger partial charge on any atom is -0.497 e. The van der Waals surface area contributed by atoms with E-state index in [-0.39, 0.29) is 6.04 Å². The van der Waals surface area contributed by atoms with Gasteiger partial charge in [0.05, 0.1) is 13.2 Å². The van der Waals surface area contributed by atoms with Crippen molar-refractivity contribution in [3.8, 4) is 5.75 Å². The van der Waals surface area contributed by atoms with Crippen LogP contribution in [0, 0.1) is 6.92 Å². The van der Waals surface area contributed by atoms with Gasteiger partial charge in [-0.2, -0.15) is 0 Å². The van der Waals surface area contributed by atoms with E-state index in [1.54, 1.807) is 18.4 Å². The molecule has 2 rings (SSSR count). The van der Waals surface area contributed by atoms with Crippen molar-refractivity contribution in [2.75, 3.05) is 7.11 Å². The summed E-state index contributed by atoms with van der Waals surface area (Å²) in [7, 11) is 1.68. The number of benzene rings is 1. The summed E-state index contributed by atoms with van der Waals surface area (Å²) in [6, 6.07) is 10.4. The van der Waals surface area contributed by atoms with Gasteiger partial charge in [0.25, 0.3) is 0 Å². The first-order valence-electron chi connectivity index (χ1n) is 5.87. The molecule has 0 fully saturated rings. The van der Waals surface area contributed by atoms with Gasteiger partial charge in [-0.05, 0) is 48.1 Å². The predicted octanol–water partition coefficient (Wildman–Crippen LogP) is 2.81. The summed E-state index contributed by atoms with van der Waals surface area (Å²) in [6.45, 7) is 2.10. The third-order valence-corrected chi connectivity index (χ3v) is 3.81. The molecule has 0 saturated carbocycles. The van der Waals surface area contributed by atoms with Gasteiger partial charge in [-0.1, -0.05) is 12.1 Å². The Morgan fingerprint density at radius 2 is 2.22 bits per heavy atom. The van der Waals surface area contributed by atoms with Crippen LogP contribution in [0.1, 0.15) is 22.0 Å². The Balaban J connectivity index is 2.14. The Bertz CT molecular complexity index is 510. The lowest BCUT2D eigenvalue weighted by Crippen LogP contribution is -2.29. The highest BCUT2D eigenvalue weighted by Crippen LogP contribution is 2.24. The monoisotopic (exact) mass is 262 g/mol. The van der Waals surface area contributed by atoms with Crippen LogP contribution in [0.25, 0.3) is 0 Å². The number of ether oxygens (including phenoxy) is 1. The standard InChI is InChI=1S/C14H18N2OS/c1-10-6-12(9-18-10)14(16-15)8-11-4-3-5-13(7-11)17-2/h3-7,9,14,16H,8,15H2,1-2H3. The smallest absolute Gasteiger partial charge is 0.119 e. The highest BCUT2D eigenvalue weighted by Gasteiger charge is 2.12. The number of rotatable bonds is 5. The zero-order chi connectivity index (χ0) is 13.0. The van der Waals surface area contributed by atoms with E-state index in [0.717, 1.165) is 12.2 Å². The maximum atomic E-state index is 5.66. The van der Waals surface area contributed by atoms with Crippen molar-refractivity contribution < 1.29 is 4.74 Å². The maximum Gasteiger partial charge on any atom is 0.119 e. The predicted molar refractivity (Wildman–Crippen MR) is 75.8 cm³/mol. The van der Waals surface area contributed by atoms with Gasteiger partial charge in [0.15, 0.2) is 0 Å². The quantitative estimate of drug-likeness (QED) is 0.643. The summed E-state index contributed by atoms with van der Waals surface area (Å²) in [6.07, 6.45) is 0.851. The first-order chi connectivity index (χ1) is 8.72. The molecule has 4 heteroatoms. The van der Waals surface area contributed by atoms with Crippen molar-refractivity contribution in [3.05, 3.63) is 51.7 Å². The molecule has 0 aliphatic carbocycles. The van der Waals surface area contributed by atoms with Gasteiger partial charge in [0.1, 0.15) is 5.75 Å². The summed E-state index contributed by atoms with van der Waals surface area (Å²) in [5.41, 5.74) is 5.33. The lowest BCUT2D eigenvalue weighted by atomic mass is 10.0. The molecule has 2 aromatic rings. The van der Waals surface area contributed by atoms with E-state index in [1.165, 1.54) is 16.0 Å². The number of hydrazine groups is 1. The second-order valence-corrected chi connectivity index (χ2v) is 5.38. The van der Waals surface area contributed by atoms with Gasteiger partial charge < -0.3 is 4.74 Å². The van der Waals surface area contributed by atoms with Crippen molar-refractivity contribution in [1.82, 2.24) is 5.43 Å². The Morgan fingerprint density at radius 3 is 2.83 bits per heavy atom. The molecule has 3 N–H and O–H groups in total. The lowest BCUT2D eigenvalue weighted by Gasteiger charge is -2.15. The molecule has 1 atom stereocenters. The van der Waals surface area contributed by atoms with E-state index in [2.05, 4.69) is 29.9 Å². The Morgan fingerprint density at radius 1 is 1.39 bits per heavy atom. The zero-order valence-corrected chi connectivity index (χ0v) is 11.5. The molecule has 0 spiro atoms. The van der Waals surface area contributed by atoms with E-state index in [1.807, 2.05) is 18.2 Å². The molecule has 96 valence electrons. The molecule has 1 aromatic carbocycles. The summed E-state index contributed by atoms with van der Waals surface area (Å²) in [5, 5.41) is 2.15. The Labute approximate surface area is 112 Å². The molecule has 0 aliphatic rings. The van der Waals surface area contributed by atoms with Crippen molar-refractivity contribution in [2.24, 2.45) is 5.84 Å². The van der Waals surface area contributed by atoms with Crippen LogP contribution >= 0.6 is 11.3 Å². The highest BCUT2D eigenvalue weighted by atomic mass is 32.1. The normalized spacial score (nSPS) is 12.4. The fourth-order valence-electron chi connectivity index (χ4n) is 1.95.